The fourth-order valence-corrected chi connectivity index (χ4v) is 6.45. The molecule has 1 saturated heterocycles. The van der Waals surface area contributed by atoms with Gasteiger partial charge < -0.3 is 9.64 Å². The second kappa shape index (κ2) is 7.22. The molecule has 3 aliphatic rings. The van der Waals surface area contributed by atoms with Crippen molar-refractivity contribution in [3.63, 3.8) is 0 Å². The molecule has 1 heterocycles. The van der Waals surface area contributed by atoms with Crippen molar-refractivity contribution in [1.82, 2.24) is 4.90 Å². The van der Waals surface area contributed by atoms with Gasteiger partial charge in [-0.1, -0.05) is 18.9 Å². The van der Waals surface area contributed by atoms with Crippen molar-refractivity contribution in [2.45, 2.75) is 63.5 Å². The number of ether oxygens (including phenoxy) is 1. The van der Waals surface area contributed by atoms with Crippen LogP contribution in [0.4, 0.5) is 0 Å². The van der Waals surface area contributed by atoms with Crippen molar-refractivity contribution >= 4 is 15.7 Å². The molecule has 0 N–H and O–H groups in total. The average molecular weight is 378 g/mol. The molecule has 0 unspecified atom stereocenters. The lowest BCUT2D eigenvalue weighted by Gasteiger charge is -2.34. The molecule has 1 amide bonds. The fourth-order valence-electron chi connectivity index (χ4n) is 4.74. The Kier molecular flexibility index (Phi) is 4.95. The minimum absolute atomic E-state index is 0.00810. The van der Waals surface area contributed by atoms with Gasteiger partial charge in [0.25, 0.3) is 5.91 Å². The van der Waals surface area contributed by atoms with Crippen LogP contribution >= 0.6 is 0 Å². The highest BCUT2D eigenvalue weighted by atomic mass is 32.2. The maximum absolute atomic E-state index is 12.9. The lowest BCUT2D eigenvalue weighted by molar-refractivity contribution is -0.137. The Morgan fingerprint density at radius 1 is 1.04 bits per heavy atom. The van der Waals surface area contributed by atoms with E-state index in [0.29, 0.717) is 6.42 Å². The number of sulfone groups is 1. The molecule has 1 aliphatic heterocycles. The van der Waals surface area contributed by atoms with E-state index in [0.717, 1.165) is 44.3 Å². The van der Waals surface area contributed by atoms with Gasteiger partial charge in [-0.25, -0.2) is 8.42 Å². The van der Waals surface area contributed by atoms with Gasteiger partial charge >= 0.3 is 0 Å². The maximum Gasteiger partial charge on any atom is 0.261 e. The lowest BCUT2D eigenvalue weighted by atomic mass is 10.1. The van der Waals surface area contributed by atoms with Crippen molar-refractivity contribution in [2.24, 2.45) is 0 Å². The van der Waals surface area contributed by atoms with Crippen LogP contribution in [0.25, 0.3) is 0 Å². The van der Waals surface area contributed by atoms with E-state index < -0.39 is 9.84 Å². The molecule has 0 spiro atoms. The molecule has 0 aromatic heterocycles. The van der Waals surface area contributed by atoms with Crippen LogP contribution in [-0.2, 0) is 27.5 Å². The number of fused-ring (bicyclic) bond motifs is 1. The number of aryl methyl sites for hydroxylation is 2. The smallest absolute Gasteiger partial charge is 0.261 e. The summed E-state index contributed by atoms with van der Waals surface area (Å²) in [6.45, 7) is -0.00810. The van der Waals surface area contributed by atoms with Gasteiger partial charge in [0, 0.05) is 12.1 Å². The predicted molar refractivity (Wildman–Crippen MR) is 100 cm³/mol. The third-order valence-electron chi connectivity index (χ3n) is 6.04. The van der Waals surface area contributed by atoms with E-state index in [2.05, 4.69) is 12.1 Å². The number of rotatable bonds is 5. The third kappa shape index (κ3) is 3.75. The molecule has 1 atom stereocenters. The van der Waals surface area contributed by atoms with Crippen LogP contribution in [-0.4, -0.2) is 49.4 Å². The molecule has 0 bridgehead atoms. The van der Waals surface area contributed by atoms with E-state index >= 15 is 0 Å². The number of hydrogen-bond donors (Lipinski definition) is 0. The van der Waals surface area contributed by atoms with Crippen LogP contribution < -0.4 is 4.74 Å². The van der Waals surface area contributed by atoms with Crippen molar-refractivity contribution < 1.29 is 17.9 Å². The van der Waals surface area contributed by atoms with Crippen molar-refractivity contribution in [1.29, 1.82) is 0 Å². The largest absolute Gasteiger partial charge is 0.484 e. The van der Waals surface area contributed by atoms with Crippen LogP contribution in [0.15, 0.2) is 18.2 Å². The summed E-state index contributed by atoms with van der Waals surface area (Å²) in [6, 6.07) is 6.08. The Labute approximate surface area is 155 Å². The quantitative estimate of drug-likeness (QED) is 0.791. The Bertz CT molecular complexity index is 783. The van der Waals surface area contributed by atoms with Gasteiger partial charge in [0.15, 0.2) is 16.4 Å². The van der Waals surface area contributed by atoms with Gasteiger partial charge in [-0.3, -0.25) is 4.79 Å². The van der Waals surface area contributed by atoms with Crippen LogP contribution in [0.1, 0.15) is 49.7 Å². The van der Waals surface area contributed by atoms with Crippen LogP contribution in [0.3, 0.4) is 0 Å². The van der Waals surface area contributed by atoms with Crippen LogP contribution in [0.5, 0.6) is 5.75 Å². The molecule has 142 valence electrons. The minimum Gasteiger partial charge on any atom is -0.484 e. The Morgan fingerprint density at radius 2 is 1.81 bits per heavy atom. The summed E-state index contributed by atoms with van der Waals surface area (Å²) < 4.78 is 29.6. The highest BCUT2D eigenvalue weighted by molar-refractivity contribution is 7.91. The Morgan fingerprint density at radius 3 is 2.54 bits per heavy atom. The van der Waals surface area contributed by atoms with Gasteiger partial charge in [0.05, 0.1) is 11.5 Å². The minimum atomic E-state index is -3.01. The zero-order valence-corrected chi connectivity index (χ0v) is 16.0. The van der Waals surface area contributed by atoms with E-state index in [1.165, 1.54) is 17.5 Å². The SMILES string of the molecule is O=C(COc1ccc2c(c1)CCC2)N(C1CCCC1)[C@H]1CCS(=O)(=O)C1. The molecule has 1 aromatic rings. The van der Waals surface area contributed by atoms with Crippen molar-refractivity contribution in [3.05, 3.63) is 29.3 Å². The van der Waals surface area contributed by atoms with Crippen LogP contribution in [0.2, 0.25) is 0 Å². The summed E-state index contributed by atoms with van der Waals surface area (Å²) in [6.07, 6.45) is 8.11. The number of amides is 1. The van der Waals surface area contributed by atoms with E-state index in [1.807, 2.05) is 11.0 Å². The monoisotopic (exact) mass is 377 g/mol. The summed E-state index contributed by atoms with van der Waals surface area (Å²) in [5, 5.41) is 0. The average Bonchev–Trinajstić information content (AvgIpc) is 3.34. The molecule has 1 aromatic carbocycles. The van der Waals surface area contributed by atoms with Crippen molar-refractivity contribution in [2.75, 3.05) is 18.1 Å². The predicted octanol–water partition coefficient (Wildman–Crippen LogP) is 2.51. The van der Waals surface area contributed by atoms with E-state index in [4.69, 9.17) is 4.74 Å². The highest BCUT2D eigenvalue weighted by Crippen LogP contribution is 2.30. The maximum atomic E-state index is 12.9. The van der Waals surface area contributed by atoms with Gasteiger partial charge in [-0.05, 0) is 61.8 Å². The first-order valence-corrected chi connectivity index (χ1v) is 11.6. The summed E-state index contributed by atoms with van der Waals surface area (Å²) in [7, 11) is -3.01. The standard InChI is InChI=1S/C20H27NO4S/c22-20(13-25-19-9-8-15-4-3-5-16(15)12-19)21(17-6-1-2-7-17)18-10-11-26(23,24)14-18/h8-9,12,17-18H,1-7,10-11,13-14H2/t18-/m0/s1. The molecule has 0 radical (unpaired) electrons. The number of nitrogens with zero attached hydrogens (tertiary/aromatic N) is 1. The molecular weight excluding hydrogens is 350 g/mol. The van der Waals surface area contributed by atoms with E-state index in [9.17, 15) is 13.2 Å². The molecule has 2 aliphatic carbocycles. The summed E-state index contributed by atoms with van der Waals surface area (Å²) in [4.78, 5) is 14.8. The Hall–Kier alpha value is -1.56. The molecule has 26 heavy (non-hydrogen) atoms. The fraction of sp³-hybridized carbons (Fsp3) is 0.650. The molecule has 5 nitrogen and oxygen atoms in total. The van der Waals surface area contributed by atoms with Gasteiger partial charge in [0.2, 0.25) is 0 Å². The van der Waals surface area contributed by atoms with Gasteiger partial charge in [-0.2, -0.15) is 0 Å². The first-order chi connectivity index (χ1) is 12.5. The molecule has 1 saturated carbocycles. The zero-order chi connectivity index (χ0) is 18.1. The molecule has 6 heteroatoms. The first-order valence-electron chi connectivity index (χ1n) is 9.78. The molecular formula is C20H27NO4S. The van der Waals surface area contributed by atoms with E-state index in [-0.39, 0.29) is 36.1 Å². The summed E-state index contributed by atoms with van der Waals surface area (Å²) >= 11 is 0. The van der Waals surface area contributed by atoms with Gasteiger partial charge in [0.1, 0.15) is 5.75 Å². The van der Waals surface area contributed by atoms with E-state index in [1.54, 1.807) is 0 Å². The second-order valence-corrected chi connectivity index (χ2v) is 10.1. The van der Waals surface area contributed by atoms with Gasteiger partial charge in [-0.15, -0.1) is 0 Å². The number of hydrogen-bond acceptors (Lipinski definition) is 4. The summed E-state index contributed by atoms with van der Waals surface area (Å²) in [5.74, 6) is 0.970. The highest BCUT2D eigenvalue weighted by Gasteiger charge is 2.39. The first kappa shape index (κ1) is 17.8. The van der Waals surface area contributed by atoms with Crippen LogP contribution in [0, 0.1) is 0 Å². The lowest BCUT2D eigenvalue weighted by Crippen LogP contribution is -2.48. The zero-order valence-electron chi connectivity index (χ0n) is 15.2. The molecule has 4 rings (SSSR count). The third-order valence-corrected chi connectivity index (χ3v) is 7.79. The summed E-state index contributed by atoms with van der Waals surface area (Å²) in [5.41, 5.74) is 2.71. The number of carbonyl (C=O) groups is 1. The Balaban J connectivity index is 1.44. The number of benzene rings is 1. The molecule has 2 fully saturated rings. The topological polar surface area (TPSA) is 63.7 Å². The second-order valence-electron chi connectivity index (χ2n) is 7.87. The van der Waals surface area contributed by atoms with Crippen molar-refractivity contribution in [3.8, 4) is 5.75 Å². The normalized spacial score (nSPS) is 24.5. The number of carbonyl (C=O) groups excluding carboxylic acids is 1.